The maximum atomic E-state index is 12.5. The molecule has 2 aromatic rings. The van der Waals surface area contributed by atoms with Gasteiger partial charge in [-0.25, -0.2) is 4.98 Å². The van der Waals surface area contributed by atoms with Crippen LogP contribution in [0, 0.1) is 0 Å². The molecule has 1 aromatic carbocycles. The summed E-state index contributed by atoms with van der Waals surface area (Å²) >= 11 is 0. The summed E-state index contributed by atoms with van der Waals surface area (Å²) in [5, 5.41) is 10.2. The number of hydrogen-bond donors (Lipinski definition) is 2. The van der Waals surface area contributed by atoms with E-state index in [1.165, 1.54) is 6.33 Å². The lowest BCUT2D eigenvalue weighted by Gasteiger charge is -2.37. The van der Waals surface area contributed by atoms with Crippen molar-refractivity contribution >= 4 is 11.9 Å². The molecule has 4 rings (SSSR count). The van der Waals surface area contributed by atoms with Gasteiger partial charge in [-0.05, 0) is 24.5 Å². The number of aromatic nitrogens is 3. The predicted octanol–water partition coefficient (Wildman–Crippen LogP) is 0.870. The molecule has 9 nitrogen and oxygen atoms in total. The number of aliphatic imine (C=N–C) groups is 1. The molecule has 0 spiro atoms. The van der Waals surface area contributed by atoms with E-state index in [1.807, 2.05) is 17.0 Å². The van der Waals surface area contributed by atoms with Crippen molar-refractivity contribution < 1.29 is 9.53 Å². The lowest BCUT2D eigenvalue weighted by Crippen LogP contribution is -2.55. The number of rotatable bonds is 4. The topological polar surface area (TPSA) is 98.7 Å². The summed E-state index contributed by atoms with van der Waals surface area (Å²) in [5.41, 5.74) is 2.13. The smallest absolute Gasteiger partial charge is 0.251 e. The van der Waals surface area contributed by atoms with Gasteiger partial charge >= 0.3 is 0 Å². The van der Waals surface area contributed by atoms with Crippen molar-refractivity contribution in [1.82, 2.24) is 30.3 Å². The van der Waals surface area contributed by atoms with E-state index in [2.05, 4.69) is 42.5 Å². The van der Waals surface area contributed by atoms with Gasteiger partial charge in [0, 0.05) is 51.9 Å². The summed E-state index contributed by atoms with van der Waals surface area (Å²) in [6.07, 6.45) is 3.08. The summed E-state index contributed by atoms with van der Waals surface area (Å²) in [5.74, 6) is 1.73. The second-order valence-corrected chi connectivity index (χ2v) is 7.25. The van der Waals surface area contributed by atoms with E-state index in [0.717, 1.165) is 48.8 Å². The Kier molecular flexibility index (Phi) is 6.04. The van der Waals surface area contributed by atoms with Crippen LogP contribution < -0.4 is 5.32 Å². The van der Waals surface area contributed by atoms with E-state index in [-0.39, 0.29) is 12.0 Å². The first-order valence-electron chi connectivity index (χ1n) is 10.1. The van der Waals surface area contributed by atoms with Crippen LogP contribution in [0.1, 0.15) is 18.4 Å². The normalized spacial score (nSPS) is 20.2. The molecule has 1 amide bonds. The van der Waals surface area contributed by atoms with Crippen LogP contribution in [0.25, 0.3) is 11.4 Å². The molecule has 9 heteroatoms. The lowest BCUT2D eigenvalue weighted by molar-refractivity contribution is -0.142. The molecule has 2 aliphatic rings. The van der Waals surface area contributed by atoms with Crippen LogP contribution in [0.2, 0.25) is 0 Å². The summed E-state index contributed by atoms with van der Waals surface area (Å²) < 4.78 is 5.54. The molecule has 2 aliphatic heterocycles. The van der Waals surface area contributed by atoms with Crippen LogP contribution in [-0.4, -0.2) is 82.8 Å². The molecule has 0 aliphatic carbocycles. The van der Waals surface area contributed by atoms with Gasteiger partial charge in [-0.1, -0.05) is 18.2 Å². The Hall–Kier alpha value is -2.94. The first-order chi connectivity index (χ1) is 14.2. The summed E-state index contributed by atoms with van der Waals surface area (Å²) in [6.45, 7) is 4.27. The minimum Gasteiger partial charge on any atom is -0.368 e. The highest BCUT2D eigenvalue weighted by Crippen LogP contribution is 2.17. The Balaban J connectivity index is 1.30. The number of carbonyl (C=O) groups excluding carboxylic acids is 1. The van der Waals surface area contributed by atoms with E-state index < -0.39 is 0 Å². The van der Waals surface area contributed by atoms with Crippen molar-refractivity contribution in [3.05, 3.63) is 36.2 Å². The van der Waals surface area contributed by atoms with Crippen LogP contribution in [0.4, 0.5) is 0 Å². The summed E-state index contributed by atoms with van der Waals surface area (Å²) in [4.78, 5) is 25.2. The third-order valence-corrected chi connectivity index (χ3v) is 5.37. The highest BCUT2D eigenvalue weighted by atomic mass is 16.5. The molecule has 2 saturated heterocycles. The zero-order valence-electron chi connectivity index (χ0n) is 16.7. The quantitative estimate of drug-likeness (QED) is 0.587. The van der Waals surface area contributed by atoms with E-state index >= 15 is 0 Å². The molecular weight excluding hydrogens is 370 g/mol. The number of H-pyrrole nitrogens is 1. The fourth-order valence-electron chi connectivity index (χ4n) is 3.80. The molecule has 0 saturated carbocycles. The Bertz CT molecular complexity index is 838. The number of ether oxygens (including phenoxy) is 1. The molecule has 0 radical (unpaired) electrons. The number of hydrogen-bond acceptors (Lipinski definition) is 5. The third kappa shape index (κ3) is 4.56. The van der Waals surface area contributed by atoms with Gasteiger partial charge in [0.15, 0.2) is 11.8 Å². The van der Waals surface area contributed by atoms with Gasteiger partial charge in [0.05, 0.1) is 0 Å². The van der Waals surface area contributed by atoms with Crippen molar-refractivity contribution in [3.63, 3.8) is 0 Å². The average Bonchev–Trinajstić information content (AvgIpc) is 3.49. The van der Waals surface area contributed by atoms with E-state index in [9.17, 15) is 4.79 Å². The Morgan fingerprint density at radius 1 is 1.31 bits per heavy atom. The molecule has 3 heterocycles. The Labute approximate surface area is 170 Å². The van der Waals surface area contributed by atoms with Gasteiger partial charge in [0.25, 0.3) is 5.91 Å². The Morgan fingerprint density at radius 2 is 2.14 bits per heavy atom. The van der Waals surface area contributed by atoms with Gasteiger partial charge in [-0.15, -0.1) is 0 Å². The number of nitrogens with one attached hydrogen (secondary N) is 2. The lowest BCUT2D eigenvalue weighted by atomic mass is 10.1. The van der Waals surface area contributed by atoms with E-state index in [4.69, 9.17) is 4.74 Å². The van der Waals surface area contributed by atoms with Gasteiger partial charge < -0.3 is 19.9 Å². The maximum Gasteiger partial charge on any atom is 0.251 e. The molecule has 1 unspecified atom stereocenters. The minimum absolute atomic E-state index is 0.134. The second kappa shape index (κ2) is 9.04. The molecular formula is C20H27N7O2. The van der Waals surface area contributed by atoms with Crippen LogP contribution in [0.15, 0.2) is 35.6 Å². The number of guanidine groups is 1. The number of piperazine rings is 1. The number of nitrogens with zero attached hydrogens (tertiary/aromatic N) is 5. The zero-order valence-corrected chi connectivity index (χ0v) is 16.7. The molecule has 2 fully saturated rings. The molecule has 2 N–H and O–H groups in total. The van der Waals surface area contributed by atoms with Gasteiger partial charge in [-0.3, -0.25) is 14.9 Å². The third-order valence-electron chi connectivity index (χ3n) is 5.37. The van der Waals surface area contributed by atoms with E-state index in [0.29, 0.717) is 26.2 Å². The monoisotopic (exact) mass is 397 g/mol. The van der Waals surface area contributed by atoms with Crippen molar-refractivity contribution in [3.8, 4) is 11.4 Å². The van der Waals surface area contributed by atoms with Crippen LogP contribution in [0.3, 0.4) is 0 Å². The maximum absolute atomic E-state index is 12.5. The largest absolute Gasteiger partial charge is 0.368 e. The van der Waals surface area contributed by atoms with Crippen molar-refractivity contribution in [2.24, 2.45) is 4.99 Å². The van der Waals surface area contributed by atoms with Gasteiger partial charge in [0.1, 0.15) is 12.4 Å². The van der Waals surface area contributed by atoms with Crippen LogP contribution in [-0.2, 0) is 16.1 Å². The molecule has 1 aromatic heterocycles. The zero-order chi connectivity index (χ0) is 20.1. The highest BCUT2D eigenvalue weighted by Gasteiger charge is 2.30. The van der Waals surface area contributed by atoms with Gasteiger partial charge in [0.2, 0.25) is 0 Å². The highest BCUT2D eigenvalue weighted by molar-refractivity contribution is 5.82. The van der Waals surface area contributed by atoms with Gasteiger partial charge in [-0.2, -0.15) is 5.10 Å². The fourth-order valence-corrected chi connectivity index (χ4v) is 3.80. The SMILES string of the molecule is CN=C(NCc1cccc(-c2ncn[nH]2)c1)N1CCN(C(=O)C2CCCO2)CC1. The summed E-state index contributed by atoms with van der Waals surface area (Å²) in [6, 6.07) is 8.16. The van der Waals surface area contributed by atoms with Crippen molar-refractivity contribution in [2.45, 2.75) is 25.5 Å². The van der Waals surface area contributed by atoms with E-state index in [1.54, 1.807) is 7.05 Å². The summed E-state index contributed by atoms with van der Waals surface area (Å²) in [7, 11) is 1.79. The second-order valence-electron chi connectivity index (χ2n) is 7.25. The van der Waals surface area contributed by atoms with Crippen molar-refractivity contribution in [1.29, 1.82) is 0 Å². The molecule has 0 bridgehead atoms. The first-order valence-corrected chi connectivity index (χ1v) is 10.1. The van der Waals surface area contributed by atoms with Crippen molar-refractivity contribution in [2.75, 3.05) is 39.8 Å². The number of aromatic amines is 1. The fraction of sp³-hybridized carbons (Fsp3) is 0.500. The molecule has 1 atom stereocenters. The molecule has 29 heavy (non-hydrogen) atoms. The minimum atomic E-state index is -0.240. The first kappa shape index (κ1) is 19.4. The number of benzene rings is 1. The predicted molar refractivity (Wildman–Crippen MR) is 109 cm³/mol. The molecule has 154 valence electrons. The standard InChI is InChI=1S/C20H27N7O2/c1-21-20(22-13-15-4-2-5-16(12-15)18-23-14-24-25-18)27-9-7-26(8-10-27)19(28)17-6-3-11-29-17/h2,4-5,12,14,17H,3,6-11,13H2,1H3,(H,21,22)(H,23,24,25). The average molecular weight is 397 g/mol. The van der Waals surface area contributed by atoms with Crippen LogP contribution >= 0.6 is 0 Å². The Morgan fingerprint density at radius 3 is 2.83 bits per heavy atom. The number of carbonyl (C=O) groups is 1. The number of amides is 1. The van der Waals surface area contributed by atoms with Crippen LogP contribution in [0.5, 0.6) is 0 Å².